The molecule has 0 saturated carbocycles. The van der Waals surface area contributed by atoms with Gasteiger partial charge >= 0.3 is 12.1 Å². The summed E-state index contributed by atoms with van der Waals surface area (Å²) in [6, 6.07) is 7.20. The predicted octanol–water partition coefficient (Wildman–Crippen LogP) is 1.69. The molecule has 1 amide bonds. The van der Waals surface area contributed by atoms with Gasteiger partial charge in [0, 0.05) is 6.20 Å². The van der Waals surface area contributed by atoms with E-state index in [4.69, 9.17) is 5.11 Å². The fraction of sp³-hybridized carbons (Fsp3) is 0.167. The van der Waals surface area contributed by atoms with Crippen molar-refractivity contribution in [3.63, 3.8) is 0 Å². The van der Waals surface area contributed by atoms with E-state index in [2.05, 4.69) is 0 Å². The second-order valence-corrected chi connectivity index (χ2v) is 6.10. The summed E-state index contributed by atoms with van der Waals surface area (Å²) in [7, 11) is 0. The van der Waals surface area contributed by atoms with E-state index in [0.717, 1.165) is 16.8 Å². The highest BCUT2D eigenvalue weighted by Gasteiger charge is 2.30. The summed E-state index contributed by atoms with van der Waals surface area (Å²) < 4.78 is 41.0. The summed E-state index contributed by atoms with van der Waals surface area (Å²) in [6.45, 7) is -1.11. The van der Waals surface area contributed by atoms with Gasteiger partial charge in [-0.1, -0.05) is 12.1 Å². The van der Waals surface area contributed by atoms with Crippen molar-refractivity contribution >= 4 is 17.4 Å². The number of carboxylic acid groups (broad SMARTS) is 1. The van der Waals surface area contributed by atoms with Crippen molar-refractivity contribution in [1.29, 1.82) is 0 Å². The molecule has 2 aromatic heterocycles. The largest absolute Gasteiger partial charge is 0.505 e. The molecule has 29 heavy (non-hydrogen) atoms. The van der Waals surface area contributed by atoms with E-state index >= 15 is 0 Å². The Morgan fingerprint density at radius 3 is 2.52 bits per heavy atom. The minimum absolute atomic E-state index is 0.0528. The van der Waals surface area contributed by atoms with Gasteiger partial charge in [0.25, 0.3) is 11.5 Å². The van der Waals surface area contributed by atoms with Gasteiger partial charge in [-0.15, -0.1) is 0 Å². The van der Waals surface area contributed by atoms with Crippen LogP contribution in [0.25, 0.3) is 5.52 Å². The van der Waals surface area contributed by atoms with Crippen molar-refractivity contribution in [2.24, 2.45) is 0 Å². The lowest BCUT2D eigenvalue weighted by Crippen LogP contribution is -2.37. The summed E-state index contributed by atoms with van der Waals surface area (Å²) in [5, 5.41) is 21.0. The van der Waals surface area contributed by atoms with Crippen molar-refractivity contribution < 1.29 is 33.0 Å². The summed E-state index contributed by atoms with van der Waals surface area (Å²) in [4.78, 5) is 35.7. The van der Waals surface area contributed by atoms with Crippen LogP contribution >= 0.6 is 0 Å². The number of carbonyl (C=O) groups is 2. The standard InChI is InChI=1S/C18H14F3N3O5/c19-18(20,21)11-4-1-3-10(7-11)9-24-17(29)14(16(28)22-8-13(25)26)15(27)12-5-2-6-23(12)24/h1-7,27H,8-9H2,(H,22,28)(H,25,26). The van der Waals surface area contributed by atoms with Gasteiger partial charge < -0.3 is 15.5 Å². The van der Waals surface area contributed by atoms with E-state index in [0.29, 0.717) is 0 Å². The number of hydrogen-bond acceptors (Lipinski definition) is 4. The Labute approximate surface area is 160 Å². The smallest absolute Gasteiger partial charge is 0.416 e. The SMILES string of the molecule is O=C(O)CNC(=O)c1c(O)c2cccn2n(Cc2cccc(C(F)(F)F)c2)c1=O. The number of carboxylic acids is 1. The molecule has 0 radical (unpaired) electrons. The zero-order valence-electron chi connectivity index (χ0n) is 14.6. The third kappa shape index (κ3) is 3.93. The van der Waals surface area contributed by atoms with Crippen molar-refractivity contribution in [2.75, 3.05) is 6.54 Å². The quantitative estimate of drug-likeness (QED) is 0.594. The Balaban J connectivity index is 2.11. The second-order valence-electron chi connectivity index (χ2n) is 6.10. The van der Waals surface area contributed by atoms with Crippen LogP contribution in [-0.4, -0.2) is 37.8 Å². The third-order valence-corrected chi connectivity index (χ3v) is 4.13. The Morgan fingerprint density at radius 1 is 1.14 bits per heavy atom. The molecule has 0 fully saturated rings. The van der Waals surface area contributed by atoms with Crippen LogP contribution < -0.4 is 10.9 Å². The molecule has 152 valence electrons. The monoisotopic (exact) mass is 409 g/mol. The van der Waals surface area contributed by atoms with Crippen LogP contribution in [0.4, 0.5) is 13.2 Å². The van der Waals surface area contributed by atoms with Crippen LogP contribution in [0.1, 0.15) is 21.5 Å². The van der Waals surface area contributed by atoms with Gasteiger partial charge in [0.2, 0.25) is 0 Å². The molecule has 2 heterocycles. The molecule has 0 bridgehead atoms. The molecular weight excluding hydrogens is 395 g/mol. The van der Waals surface area contributed by atoms with E-state index in [1.807, 2.05) is 5.32 Å². The number of carbonyl (C=O) groups excluding carboxylic acids is 1. The van der Waals surface area contributed by atoms with Crippen LogP contribution in [-0.2, 0) is 17.5 Å². The number of benzene rings is 1. The zero-order valence-corrected chi connectivity index (χ0v) is 14.6. The molecule has 0 aliphatic rings. The molecule has 8 nitrogen and oxygen atoms in total. The minimum atomic E-state index is -4.57. The number of aromatic nitrogens is 2. The zero-order chi connectivity index (χ0) is 21.3. The maximum atomic E-state index is 13.0. The molecule has 0 saturated heterocycles. The van der Waals surface area contributed by atoms with Crippen molar-refractivity contribution in [1.82, 2.24) is 14.5 Å². The van der Waals surface area contributed by atoms with Crippen LogP contribution in [0.5, 0.6) is 5.75 Å². The normalized spacial score (nSPS) is 11.6. The number of aromatic hydroxyl groups is 1. The number of rotatable bonds is 5. The number of nitrogens with one attached hydrogen (secondary N) is 1. The van der Waals surface area contributed by atoms with Gasteiger partial charge in [0.15, 0.2) is 5.75 Å². The lowest BCUT2D eigenvalue weighted by Gasteiger charge is -2.15. The van der Waals surface area contributed by atoms with Gasteiger partial charge in [0.05, 0.1) is 12.1 Å². The lowest BCUT2D eigenvalue weighted by molar-refractivity contribution is -0.138. The average Bonchev–Trinajstić information content (AvgIpc) is 3.13. The maximum absolute atomic E-state index is 13.0. The molecule has 1 aromatic carbocycles. The van der Waals surface area contributed by atoms with Crippen LogP contribution in [0.2, 0.25) is 0 Å². The fourth-order valence-corrected chi connectivity index (χ4v) is 2.84. The molecule has 3 rings (SSSR count). The minimum Gasteiger partial charge on any atom is -0.505 e. The first-order valence-corrected chi connectivity index (χ1v) is 8.19. The highest BCUT2D eigenvalue weighted by atomic mass is 19.4. The third-order valence-electron chi connectivity index (χ3n) is 4.13. The Hall–Kier alpha value is -3.76. The first-order valence-electron chi connectivity index (χ1n) is 8.19. The molecular formula is C18H14F3N3O5. The number of amides is 1. The van der Waals surface area contributed by atoms with E-state index < -0.39 is 47.0 Å². The highest BCUT2D eigenvalue weighted by Crippen LogP contribution is 2.30. The maximum Gasteiger partial charge on any atom is 0.416 e. The number of hydrogen-bond donors (Lipinski definition) is 3. The summed E-state index contributed by atoms with van der Waals surface area (Å²) in [5.74, 6) is -3.13. The summed E-state index contributed by atoms with van der Waals surface area (Å²) >= 11 is 0. The molecule has 11 heteroatoms. The van der Waals surface area contributed by atoms with Crippen LogP contribution in [0.3, 0.4) is 0 Å². The number of halogens is 3. The van der Waals surface area contributed by atoms with Gasteiger partial charge in [0.1, 0.15) is 17.6 Å². The molecule has 0 atom stereocenters. The molecule has 0 aliphatic carbocycles. The van der Waals surface area contributed by atoms with Crippen molar-refractivity contribution in [3.8, 4) is 5.75 Å². The van der Waals surface area contributed by atoms with Gasteiger partial charge in [-0.3, -0.25) is 18.9 Å². The fourth-order valence-electron chi connectivity index (χ4n) is 2.84. The number of aliphatic carboxylic acids is 1. The Kier molecular flexibility index (Phi) is 5.06. The molecule has 3 aromatic rings. The van der Waals surface area contributed by atoms with E-state index in [1.54, 1.807) is 0 Å². The van der Waals surface area contributed by atoms with Gasteiger partial charge in [-0.2, -0.15) is 13.2 Å². The molecule has 3 N–H and O–H groups in total. The van der Waals surface area contributed by atoms with Crippen molar-refractivity contribution in [2.45, 2.75) is 12.7 Å². The van der Waals surface area contributed by atoms with E-state index in [1.165, 1.54) is 35.0 Å². The first kappa shape index (κ1) is 20.0. The Morgan fingerprint density at radius 2 is 1.86 bits per heavy atom. The predicted molar refractivity (Wildman–Crippen MR) is 93.8 cm³/mol. The van der Waals surface area contributed by atoms with Crippen LogP contribution in [0.15, 0.2) is 47.4 Å². The number of alkyl halides is 3. The Bertz CT molecular complexity index is 1160. The number of nitrogens with zero attached hydrogens (tertiary/aromatic N) is 2. The second kappa shape index (κ2) is 7.34. The molecule has 0 spiro atoms. The average molecular weight is 409 g/mol. The van der Waals surface area contributed by atoms with Gasteiger partial charge in [-0.25, -0.2) is 4.68 Å². The molecule has 0 aliphatic heterocycles. The van der Waals surface area contributed by atoms with E-state index in [9.17, 15) is 32.7 Å². The van der Waals surface area contributed by atoms with Crippen LogP contribution in [0, 0.1) is 0 Å². The summed E-state index contributed by atoms with van der Waals surface area (Å²) in [5.41, 5.74) is -2.41. The first-order chi connectivity index (χ1) is 13.6. The van der Waals surface area contributed by atoms with Gasteiger partial charge in [-0.05, 0) is 29.8 Å². The molecule has 0 unspecified atom stereocenters. The topological polar surface area (TPSA) is 113 Å². The van der Waals surface area contributed by atoms with Crippen molar-refractivity contribution in [3.05, 3.63) is 69.6 Å². The number of fused-ring (bicyclic) bond motifs is 1. The lowest BCUT2D eigenvalue weighted by atomic mass is 10.1. The highest BCUT2D eigenvalue weighted by molar-refractivity contribution is 5.99. The van der Waals surface area contributed by atoms with E-state index in [-0.39, 0.29) is 17.6 Å². The summed E-state index contributed by atoms with van der Waals surface area (Å²) in [6.07, 6.45) is -3.18.